The van der Waals surface area contributed by atoms with Gasteiger partial charge in [-0.25, -0.2) is 4.79 Å². The molecule has 6 aliphatic carbocycles. The molecule has 8 unspecified atom stereocenters. The summed E-state index contributed by atoms with van der Waals surface area (Å²) >= 11 is 0. The van der Waals surface area contributed by atoms with E-state index in [-0.39, 0.29) is 36.2 Å². The number of hydrogen-bond acceptors (Lipinski definition) is 5. The fraction of sp³-hybridized carbons (Fsp3) is 0.467. The number of benzene rings is 3. The van der Waals surface area contributed by atoms with Crippen LogP contribution in [0, 0.1) is 33.5 Å². The van der Waals surface area contributed by atoms with Gasteiger partial charge in [-0.3, -0.25) is 4.79 Å². The van der Waals surface area contributed by atoms with Gasteiger partial charge in [-0.05, 0) is 85.8 Å². The molecule has 0 radical (unpaired) electrons. The zero-order valence-corrected chi connectivity index (χ0v) is 30.2. The van der Waals surface area contributed by atoms with Crippen LogP contribution in [-0.4, -0.2) is 51.8 Å². The zero-order chi connectivity index (χ0) is 35.6. The Labute approximate surface area is 302 Å². The van der Waals surface area contributed by atoms with Crippen molar-refractivity contribution < 1.29 is 24.5 Å². The van der Waals surface area contributed by atoms with Crippen molar-refractivity contribution >= 4 is 11.9 Å². The fourth-order valence-corrected chi connectivity index (χ4v) is 11.7. The van der Waals surface area contributed by atoms with E-state index in [0.29, 0.717) is 24.9 Å². The van der Waals surface area contributed by atoms with Crippen LogP contribution in [0.2, 0.25) is 0 Å². The molecule has 2 bridgehead atoms. The van der Waals surface area contributed by atoms with Crippen molar-refractivity contribution in [3.63, 3.8) is 0 Å². The lowest BCUT2D eigenvalue weighted by atomic mass is 9.32. The van der Waals surface area contributed by atoms with Crippen LogP contribution >= 0.6 is 0 Å². The van der Waals surface area contributed by atoms with Crippen LogP contribution in [0.15, 0.2) is 109 Å². The summed E-state index contributed by atoms with van der Waals surface area (Å²) in [5, 5.41) is 24.0. The van der Waals surface area contributed by atoms with E-state index in [4.69, 9.17) is 4.74 Å². The van der Waals surface area contributed by atoms with Crippen molar-refractivity contribution in [3.05, 3.63) is 120 Å². The van der Waals surface area contributed by atoms with Crippen LogP contribution in [-0.2, 0) is 11.3 Å². The molecule has 1 amide bonds. The highest BCUT2D eigenvalue weighted by Gasteiger charge is 2.74. The average Bonchev–Trinajstić information content (AvgIpc) is 3.41. The molecule has 51 heavy (non-hydrogen) atoms. The number of aliphatic hydroxyl groups is 2. The molecule has 6 nitrogen and oxygen atoms in total. The molecular formula is C45H51NO5. The largest absolute Gasteiger partial charge is 0.450 e. The van der Waals surface area contributed by atoms with Crippen molar-refractivity contribution in [3.8, 4) is 11.1 Å². The summed E-state index contributed by atoms with van der Waals surface area (Å²) in [5.74, 6) is 0.231. The normalized spacial score (nSPS) is 36.0. The van der Waals surface area contributed by atoms with Gasteiger partial charge in [-0.15, -0.1) is 0 Å². The molecule has 2 spiro atoms. The van der Waals surface area contributed by atoms with Gasteiger partial charge in [-0.2, -0.15) is 0 Å². The molecule has 3 saturated carbocycles. The number of allylic oxidation sites excluding steroid dienone is 4. The lowest BCUT2D eigenvalue weighted by Crippen LogP contribution is -2.67. The molecule has 2 N–H and O–H groups in total. The number of ketones is 1. The second-order valence-electron chi connectivity index (χ2n) is 16.6. The minimum atomic E-state index is -1.17. The first-order valence-corrected chi connectivity index (χ1v) is 19.0. The molecule has 266 valence electrons. The Kier molecular flexibility index (Phi) is 8.23. The molecule has 0 aliphatic heterocycles. The van der Waals surface area contributed by atoms with E-state index < -0.39 is 34.0 Å². The number of Topliss-reactive ketones (excluding diaryl/α,β-unsaturated/α-hetero) is 1. The van der Waals surface area contributed by atoms with Crippen molar-refractivity contribution in [2.75, 3.05) is 13.2 Å². The van der Waals surface area contributed by atoms with Crippen molar-refractivity contribution in [1.29, 1.82) is 0 Å². The summed E-state index contributed by atoms with van der Waals surface area (Å²) < 4.78 is 5.54. The second kappa shape index (κ2) is 12.3. The minimum Gasteiger partial charge on any atom is -0.450 e. The van der Waals surface area contributed by atoms with Crippen LogP contribution in [0.5, 0.6) is 0 Å². The molecule has 0 aromatic heterocycles. The molecule has 0 heterocycles. The van der Waals surface area contributed by atoms with Gasteiger partial charge in [0.05, 0.1) is 24.9 Å². The Hall–Kier alpha value is -4.00. The van der Waals surface area contributed by atoms with E-state index in [9.17, 15) is 15.0 Å². The SMILES string of the molecule is CCOC(=O)N(Cc1ccccc1)CC1(O)CCC2C34C=CC5(C=C3C(=O)c3ccc(-c6ccccc6)cc3)CC(O)CCC5(C)C4CCC21C. The Balaban J connectivity index is 1.19. The molecule has 0 saturated heterocycles. The van der Waals surface area contributed by atoms with E-state index in [1.54, 1.807) is 4.90 Å². The predicted octanol–water partition coefficient (Wildman–Crippen LogP) is 8.79. The van der Waals surface area contributed by atoms with Crippen LogP contribution in [0.4, 0.5) is 4.79 Å². The molecule has 3 aromatic rings. The van der Waals surface area contributed by atoms with Gasteiger partial charge in [0.1, 0.15) is 0 Å². The average molecular weight is 686 g/mol. The van der Waals surface area contributed by atoms with E-state index in [0.717, 1.165) is 54.4 Å². The fourth-order valence-electron chi connectivity index (χ4n) is 11.7. The molecule has 6 aliphatic rings. The number of nitrogens with zero attached hydrogens (tertiary/aromatic N) is 1. The van der Waals surface area contributed by atoms with E-state index in [2.05, 4.69) is 44.2 Å². The van der Waals surface area contributed by atoms with Crippen LogP contribution in [0.25, 0.3) is 11.1 Å². The number of aliphatic hydroxyl groups excluding tert-OH is 1. The quantitative estimate of drug-likeness (QED) is 0.183. The van der Waals surface area contributed by atoms with E-state index >= 15 is 4.79 Å². The summed E-state index contributed by atoms with van der Waals surface area (Å²) in [4.78, 5) is 30.2. The van der Waals surface area contributed by atoms with Gasteiger partial charge >= 0.3 is 6.09 Å². The van der Waals surface area contributed by atoms with Crippen molar-refractivity contribution in [1.82, 2.24) is 4.90 Å². The summed E-state index contributed by atoms with van der Waals surface area (Å²) in [6.07, 6.45) is 11.4. The third kappa shape index (κ3) is 5.03. The molecule has 3 aromatic carbocycles. The summed E-state index contributed by atoms with van der Waals surface area (Å²) in [6.45, 7) is 7.21. The highest BCUT2D eigenvalue weighted by Crippen LogP contribution is 2.78. The Morgan fingerprint density at radius 2 is 1.43 bits per heavy atom. The number of hydrogen-bond donors (Lipinski definition) is 2. The maximum atomic E-state index is 15.0. The first kappa shape index (κ1) is 34.1. The standard InChI is InChI=1S/C45H51NO5/c1-4-51-40(49)46(29-31-11-7-5-8-12-31)30-44(50)24-21-38-42(44,3)23-20-37-41(2)22-19-35(47)27-43(41)25-26-45(37,38)36(28-43)39(48)34-17-15-33(16-18-34)32-13-9-6-10-14-32/h5-18,25-26,28,35,37-38,47,50H,4,19-24,27,29-30H2,1-3H3. The third-order valence-corrected chi connectivity index (χ3v) is 14.4. The maximum Gasteiger partial charge on any atom is 0.410 e. The zero-order valence-electron chi connectivity index (χ0n) is 30.2. The van der Waals surface area contributed by atoms with Gasteiger partial charge in [0, 0.05) is 33.9 Å². The molecule has 8 atom stereocenters. The Morgan fingerprint density at radius 1 is 0.804 bits per heavy atom. The third-order valence-electron chi connectivity index (χ3n) is 14.4. The van der Waals surface area contributed by atoms with Gasteiger partial charge in [0.15, 0.2) is 5.78 Å². The molecule has 9 rings (SSSR count). The number of fused-ring (bicyclic) bond motifs is 1. The van der Waals surface area contributed by atoms with Gasteiger partial charge in [0.2, 0.25) is 0 Å². The first-order valence-electron chi connectivity index (χ1n) is 19.0. The predicted molar refractivity (Wildman–Crippen MR) is 199 cm³/mol. The topological polar surface area (TPSA) is 87.1 Å². The lowest BCUT2D eigenvalue weighted by molar-refractivity contribution is -0.175. The highest BCUT2D eigenvalue weighted by molar-refractivity contribution is 6.10. The summed E-state index contributed by atoms with van der Waals surface area (Å²) in [5.41, 5.74) is 1.84. The smallest absolute Gasteiger partial charge is 0.410 e. The van der Waals surface area contributed by atoms with Gasteiger partial charge < -0.3 is 19.8 Å². The Bertz CT molecular complexity index is 1870. The second-order valence-corrected chi connectivity index (χ2v) is 16.6. The highest BCUT2D eigenvalue weighted by atomic mass is 16.6. The van der Waals surface area contributed by atoms with Crippen LogP contribution in [0.3, 0.4) is 0 Å². The number of rotatable bonds is 8. The monoisotopic (exact) mass is 685 g/mol. The molecule has 3 fully saturated rings. The first-order chi connectivity index (χ1) is 24.5. The van der Waals surface area contributed by atoms with E-state index in [1.165, 1.54) is 0 Å². The van der Waals surface area contributed by atoms with Crippen molar-refractivity contribution in [2.45, 2.75) is 84.0 Å². The lowest BCUT2D eigenvalue weighted by Gasteiger charge is -2.71. The molecule has 6 heteroatoms. The van der Waals surface area contributed by atoms with E-state index in [1.807, 2.05) is 79.7 Å². The van der Waals surface area contributed by atoms with Crippen molar-refractivity contribution in [2.24, 2.45) is 33.5 Å². The number of amides is 1. The van der Waals surface area contributed by atoms with Gasteiger partial charge in [-0.1, -0.05) is 117 Å². The maximum absolute atomic E-state index is 15.0. The minimum absolute atomic E-state index is 0.00784. The number of carbonyl (C=O) groups is 2. The van der Waals surface area contributed by atoms with Crippen LogP contribution < -0.4 is 0 Å². The van der Waals surface area contributed by atoms with Gasteiger partial charge in [0.25, 0.3) is 0 Å². The molecular weight excluding hydrogens is 634 g/mol. The Morgan fingerprint density at radius 3 is 2.14 bits per heavy atom. The summed E-state index contributed by atoms with van der Waals surface area (Å²) in [6, 6.07) is 28.1. The number of ether oxygens (including phenoxy) is 1. The number of carbonyl (C=O) groups excluding carboxylic acids is 2. The van der Waals surface area contributed by atoms with Crippen LogP contribution in [0.1, 0.15) is 81.6 Å². The summed E-state index contributed by atoms with van der Waals surface area (Å²) in [7, 11) is 0.